The summed E-state index contributed by atoms with van der Waals surface area (Å²) in [6, 6.07) is 14.1. The van der Waals surface area contributed by atoms with Gasteiger partial charge in [-0.2, -0.15) is 0 Å². The zero-order valence-electron chi connectivity index (χ0n) is 16.1. The maximum atomic E-state index is 12.7. The van der Waals surface area contributed by atoms with E-state index in [0.29, 0.717) is 6.54 Å². The molecule has 1 saturated heterocycles. The van der Waals surface area contributed by atoms with Crippen LogP contribution in [0.3, 0.4) is 0 Å². The summed E-state index contributed by atoms with van der Waals surface area (Å²) >= 11 is 1.70. The Balaban J connectivity index is 1.16. The van der Waals surface area contributed by atoms with Gasteiger partial charge in [0.05, 0.1) is 16.1 Å². The molecule has 0 bridgehead atoms. The molecular formula is C22H23N3O3S. The number of carbonyl (C=O) groups excluding carboxylic acids is 1. The van der Waals surface area contributed by atoms with Crippen LogP contribution in [0.2, 0.25) is 0 Å². The molecule has 0 radical (unpaired) electrons. The van der Waals surface area contributed by atoms with Crippen molar-refractivity contribution in [1.82, 2.24) is 10.3 Å². The number of hydrogen-bond acceptors (Lipinski definition) is 6. The monoisotopic (exact) mass is 409 g/mol. The minimum absolute atomic E-state index is 0.00696. The van der Waals surface area contributed by atoms with E-state index in [2.05, 4.69) is 16.3 Å². The Kier molecular flexibility index (Phi) is 4.97. The van der Waals surface area contributed by atoms with Gasteiger partial charge in [0.15, 0.2) is 16.6 Å². The van der Waals surface area contributed by atoms with Gasteiger partial charge in [0.1, 0.15) is 0 Å². The number of fused-ring (bicyclic) bond motifs is 2. The molecule has 1 fully saturated rings. The van der Waals surface area contributed by atoms with Gasteiger partial charge in [-0.05, 0) is 49.1 Å². The van der Waals surface area contributed by atoms with Crippen molar-refractivity contribution in [2.75, 3.05) is 31.3 Å². The highest BCUT2D eigenvalue weighted by Gasteiger charge is 2.27. The quantitative estimate of drug-likeness (QED) is 0.698. The number of anilines is 1. The van der Waals surface area contributed by atoms with Gasteiger partial charge in [-0.25, -0.2) is 4.98 Å². The number of rotatable bonds is 5. The number of piperidine rings is 1. The lowest BCUT2D eigenvalue weighted by Crippen LogP contribution is -2.43. The number of nitrogens with one attached hydrogen (secondary N) is 1. The second-order valence-corrected chi connectivity index (χ2v) is 8.49. The van der Waals surface area contributed by atoms with Gasteiger partial charge < -0.3 is 19.7 Å². The number of nitrogens with zero attached hydrogens (tertiary/aromatic N) is 2. The first-order valence-electron chi connectivity index (χ1n) is 10.0. The number of ether oxygens (including phenoxy) is 2. The second-order valence-electron chi connectivity index (χ2n) is 7.48. The van der Waals surface area contributed by atoms with Crippen molar-refractivity contribution in [2.45, 2.75) is 19.3 Å². The number of carbonyl (C=O) groups is 1. The third-order valence-corrected chi connectivity index (χ3v) is 6.59. The van der Waals surface area contributed by atoms with Crippen LogP contribution in [0.25, 0.3) is 10.2 Å². The molecular weight excluding hydrogens is 386 g/mol. The smallest absolute Gasteiger partial charge is 0.231 e. The van der Waals surface area contributed by atoms with E-state index in [1.165, 1.54) is 4.70 Å². The summed E-state index contributed by atoms with van der Waals surface area (Å²) in [7, 11) is 0. The summed E-state index contributed by atoms with van der Waals surface area (Å²) < 4.78 is 12.0. The molecule has 2 aliphatic rings. The lowest BCUT2D eigenvalue weighted by molar-refractivity contribution is -0.125. The standard InChI is InChI=1S/C22H23N3O3S/c26-21(23-10-9-15-7-8-18-19(12-15)28-14-27-18)16-4-3-11-25(13-16)22-24-17-5-1-2-6-20(17)29-22/h1-2,5-8,12,16H,3-4,9-11,13-14H2,(H,23,26)/t16-/m0/s1. The number of para-hydroxylation sites is 1. The van der Waals surface area contributed by atoms with E-state index in [9.17, 15) is 4.79 Å². The fourth-order valence-electron chi connectivity index (χ4n) is 3.93. The highest BCUT2D eigenvalue weighted by molar-refractivity contribution is 7.22. The average Bonchev–Trinajstić information content (AvgIpc) is 3.40. The van der Waals surface area contributed by atoms with Crippen LogP contribution in [0.15, 0.2) is 42.5 Å². The number of amides is 1. The Hall–Kier alpha value is -2.80. The molecule has 0 saturated carbocycles. The second kappa shape index (κ2) is 7.91. The Morgan fingerprint density at radius 2 is 2.10 bits per heavy atom. The Morgan fingerprint density at radius 1 is 1.21 bits per heavy atom. The highest BCUT2D eigenvalue weighted by Crippen LogP contribution is 2.33. The molecule has 0 spiro atoms. The third kappa shape index (κ3) is 3.87. The normalized spacial score (nSPS) is 18.2. The summed E-state index contributed by atoms with van der Waals surface area (Å²) in [6.45, 7) is 2.59. The predicted octanol–water partition coefficient (Wildman–Crippen LogP) is 3.60. The molecule has 2 aromatic carbocycles. The van der Waals surface area contributed by atoms with Crippen molar-refractivity contribution >= 4 is 32.6 Å². The van der Waals surface area contributed by atoms with E-state index in [1.807, 2.05) is 36.4 Å². The maximum Gasteiger partial charge on any atom is 0.231 e. The van der Waals surface area contributed by atoms with Crippen LogP contribution in [-0.4, -0.2) is 37.3 Å². The Morgan fingerprint density at radius 3 is 3.03 bits per heavy atom. The van der Waals surface area contributed by atoms with Gasteiger partial charge in [-0.15, -0.1) is 0 Å². The molecule has 1 aromatic heterocycles. The fourth-order valence-corrected chi connectivity index (χ4v) is 4.93. The van der Waals surface area contributed by atoms with E-state index in [4.69, 9.17) is 14.5 Å². The van der Waals surface area contributed by atoms with Gasteiger partial charge in [-0.1, -0.05) is 29.5 Å². The summed E-state index contributed by atoms with van der Waals surface area (Å²) in [5, 5.41) is 4.13. The van der Waals surface area contributed by atoms with Crippen LogP contribution in [0.1, 0.15) is 18.4 Å². The van der Waals surface area contributed by atoms with E-state index in [0.717, 1.165) is 60.1 Å². The third-order valence-electron chi connectivity index (χ3n) is 5.50. The van der Waals surface area contributed by atoms with Crippen molar-refractivity contribution in [3.63, 3.8) is 0 Å². The van der Waals surface area contributed by atoms with Crippen molar-refractivity contribution in [2.24, 2.45) is 5.92 Å². The Bertz CT molecular complexity index is 1000. The first-order chi connectivity index (χ1) is 14.3. The van der Waals surface area contributed by atoms with Crippen molar-refractivity contribution in [3.05, 3.63) is 48.0 Å². The summed E-state index contributed by atoms with van der Waals surface area (Å²) in [6.07, 6.45) is 2.71. The van der Waals surface area contributed by atoms with Crippen LogP contribution in [-0.2, 0) is 11.2 Å². The Labute approximate surface area is 173 Å². The predicted molar refractivity (Wildman–Crippen MR) is 114 cm³/mol. The van der Waals surface area contributed by atoms with Gasteiger partial charge in [0, 0.05) is 19.6 Å². The zero-order valence-corrected chi connectivity index (χ0v) is 16.9. The molecule has 1 N–H and O–H groups in total. The molecule has 5 rings (SSSR count). The van der Waals surface area contributed by atoms with E-state index >= 15 is 0 Å². The van der Waals surface area contributed by atoms with Crippen molar-refractivity contribution in [3.8, 4) is 11.5 Å². The molecule has 1 amide bonds. The summed E-state index contributed by atoms with van der Waals surface area (Å²) in [5.74, 6) is 1.71. The number of hydrogen-bond donors (Lipinski definition) is 1. The van der Waals surface area contributed by atoms with Gasteiger partial charge >= 0.3 is 0 Å². The first kappa shape index (κ1) is 18.2. The van der Waals surface area contributed by atoms with Gasteiger partial charge in [-0.3, -0.25) is 4.79 Å². The molecule has 2 aliphatic heterocycles. The molecule has 1 atom stereocenters. The molecule has 3 aromatic rings. The molecule has 150 valence electrons. The van der Waals surface area contributed by atoms with E-state index in [-0.39, 0.29) is 18.6 Å². The van der Waals surface area contributed by atoms with Crippen molar-refractivity contribution < 1.29 is 14.3 Å². The molecule has 6 nitrogen and oxygen atoms in total. The highest BCUT2D eigenvalue weighted by atomic mass is 32.1. The SMILES string of the molecule is O=C(NCCc1ccc2c(c1)OCO2)[C@H]1CCCN(c2nc3ccccc3s2)C1. The van der Waals surface area contributed by atoms with E-state index in [1.54, 1.807) is 11.3 Å². The molecule has 3 heterocycles. The molecule has 29 heavy (non-hydrogen) atoms. The number of aromatic nitrogens is 1. The van der Waals surface area contributed by atoms with Crippen LogP contribution in [0.5, 0.6) is 11.5 Å². The molecule has 0 aliphatic carbocycles. The van der Waals surface area contributed by atoms with Gasteiger partial charge in [0.2, 0.25) is 12.7 Å². The van der Waals surface area contributed by atoms with Crippen LogP contribution in [0, 0.1) is 5.92 Å². The summed E-state index contributed by atoms with van der Waals surface area (Å²) in [4.78, 5) is 19.7. The number of thiazole rings is 1. The maximum absolute atomic E-state index is 12.7. The minimum Gasteiger partial charge on any atom is -0.454 e. The fraction of sp³-hybridized carbons (Fsp3) is 0.364. The van der Waals surface area contributed by atoms with Gasteiger partial charge in [0.25, 0.3) is 0 Å². The van der Waals surface area contributed by atoms with Crippen LogP contribution in [0.4, 0.5) is 5.13 Å². The van der Waals surface area contributed by atoms with Crippen molar-refractivity contribution in [1.29, 1.82) is 0 Å². The molecule has 0 unspecified atom stereocenters. The average molecular weight is 410 g/mol. The summed E-state index contributed by atoms with van der Waals surface area (Å²) in [5.41, 5.74) is 2.16. The first-order valence-corrected chi connectivity index (χ1v) is 10.8. The zero-order chi connectivity index (χ0) is 19.6. The van der Waals surface area contributed by atoms with Crippen LogP contribution >= 0.6 is 11.3 Å². The van der Waals surface area contributed by atoms with Crippen LogP contribution < -0.4 is 19.7 Å². The lowest BCUT2D eigenvalue weighted by Gasteiger charge is -2.31. The lowest BCUT2D eigenvalue weighted by atomic mass is 9.97. The minimum atomic E-state index is 0.00696. The van der Waals surface area contributed by atoms with E-state index < -0.39 is 0 Å². The number of benzene rings is 2. The molecule has 7 heteroatoms. The largest absolute Gasteiger partial charge is 0.454 e. The topological polar surface area (TPSA) is 63.7 Å².